The lowest BCUT2D eigenvalue weighted by Gasteiger charge is -2.37. The molecule has 5 rings (SSSR count). The fraction of sp³-hybridized carbons (Fsp3) is 0.409. The van der Waals surface area contributed by atoms with E-state index in [2.05, 4.69) is 21.3 Å². The van der Waals surface area contributed by atoms with E-state index in [4.69, 9.17) is 0 Å². The van der Waals surface area contributed by atoms with Crippen molar-refractivity contribution in [2.24, 2.45) is 5.92 Å². The van der Waals surface area contributed by atoms with Crippen LogP contribution in [0.15, 0.2) is 24.4 Å². The lowest BCUT2D eigenvalue weighted by molar-refractivity contribution is -0.148. The second kappa shape index (κ2) is 8.16. The van der Waals surface area contributed by atoms with Crippen LogP contribution in [0.5, 0.6) is 5.75 Å². The number of rotatable bonds is 2. The molecule has 0 saturated carbocycles. The Labute approximate surface area is 192 Å². The van der Waals surface area contributed by atoms with Gasteiger partial charge in [-0.15, -0.1) is 10.2 Å². The molecule has 2 aliphatic rings. The molecule has 2 aromatic heterocycles. The number of benzene rings is 1. The molecular formula is C22H20F3N7O2. The molecule has 9 nitrogen and oxygen atoms in total. The van der Waals surface area contributed by atoms with Gasteiger partial charge in [0.15, 0.2) is 5.82 Å². The molecular weight excluding hydrogens is 451 g/mol. The molecule has 1 amide bonds. The fourth-order valence-electron chi connectivity index (χ4n) is 4.75. The number of phenolic OH excluding ortho intramolecular Hbond substituents is 1. The van der Waals surface area contributed by atoms with Crippen molar-refractivity contribution < 1.29 is 23.1 Å². The quantitative estimate of drug-likeness (QED) is 0.612. The van der Waals surface area contributed by atoms with Crippen molar-refractivity contribution >= 4 is 22.5 Å². The van der Waals surface area contributed by atoms with Crippen LogP contribution in [0, 0.1) is 17.2 Å². The first-order valence-corrected chi connectivity index (χ1v) is 10.8. The Balaban J connectivity index is 1.30. The molecule has 2 aliphatic heterocycles. The van der Waals surface area contributed by atoms with Crippen LogP contribution < -0.4 is 4.90 Å². The predicted octanol–water partition coefficient (Wildman–Crippen LogP) is 2.68. The summed E-state index contributed by atoms with van der Waals surface area (Å²) < 4.78 is 40.2. The number of aromatic nitrogens is 4. The van der Waals surface area contributed by atoms with Crippen molar-refractivity contribution in [2.75, 3.05) is 24.5 Å². The summed E-state index contributed by atoms with van der Waals surface area (Å²) in [7, 11) is 0. The molecule has 34 heavy (non-hydrogen) atoms. The molecule has 0 spiro atoms. The van der Waals surface area contributed by atoms with E-state index in [1.165, 1.54) is 12.3 Å². The van der Waals surface area contributed by atoms with Crippen LogP contribution in [-0.4, -0.2) is 55.3 Å². The van der Waals surface area contributed by atoms with Gasteiger partial charge in [-0.2, -0.15) is 18.4 Å². The van der Waals surface area contributed by atoms with Gasteiger partial charge in [0.2, 0.25) is 11.7 Å². The number of carbonyl (C=O) groups excluding carboxylic acids is 1. The third-order valence-electron chi connectivity index (χ3n) is 6.42. The number of halogens is 3. The van der Waals surface area contributed by atoms with Crippen molar-refractivity contribution in [1.29, 1.82) is 5.26 Å². The zero-order chi connectivity index (χ0) is 24.0. The summed E-state index contributed by atoms with van der Waals surface area (Å²) in [5, 5.41) is 27.0. The number of anilines is 1. The first-order chi connectivity index (χ1) is 16.3. The molecule has 0 atom stereocenters. The van der Waals surface area contributed by atoms with Crippen LogP contribution in [0.3, 0.4) is 0 Å². The van der Waals surface area contributed by atoms with Gasteiger partial charge in [-0.05, 0) is 25.0 Å². The highest BCUT2D eigenvalue weighted by Gasteiger charge is 2.40. The van der Waals surface area contributed by atoms with Gasteiger partial charge in [0.05, 0.1) is 23.3 Å². The normalized spacial score (nSPS) is 17.0. The standard InChI is InChI=1S/C22H20F3N7O2/c23-22(24,25)21-29-28-18-12-31(7-8-32(18)21)20(34)13-3-5-30(6-4-13)19-14(10-26)11-27-17-9-15(33)1-2-16(17)19/h1-2,9,11,13,33H,3-8,12H2. The van der Waals surface area contributed by atoms with Gasteiger partial charge in [-0.25, -0.2) is 0 Å². The van der Waals surface area contributed by atoms with Gasteiger partial charge in [0.1, 0.15) is 11.8 Å². The predicted molar refractivity (Wildman–Crippen MR) is 114 cm³/mol. The molecule has 3 aromatic rings. The molecule has 0 unspecified atom stereocenters. The van der Waals surface area contributed by atoms with Crippen LogP contribution in [0.4, 0.5) is 18.9 Å². The summed E-state index contributed by atoms with van der Waals surface area (Å²) in [6.45, 7) is 1.24. The van der Waals surface area contributed by atoms with Crippen molar-refractivity contribution in [3.63, 3.8) is 0 Å². The summed E-state index contributed by atoms with van der Waals surface area (Å²) in [6, 6.07) is 6.98. The van der Waals surface area contributed by atoms with E-state index in [1.807, 2.05) is 4.90 Å². The number of fused-ring (bicyclic) bond motifs is 2. The summed E-state index contributed by atoms with van der Waals surface area (Å²) in [5.74, 6) is -1.19. The molecule has 0 radical (unpaired) electrons. The largest absolute Gasteiger partial charge is 0.508 e. The van der Waals surface area contributed by atoms with Gasteiger partial charge < -0.3 is 19.5 Å². The highest BCUT2D eigenvalue weighted by atomic mass is 19.4. The van der Waals surface area contributed by atoms with Crippen LogP contribution >= 0.6 is 0 Å². The van der Waals surface area contributed by atoms with Gasteiger partial charge >= 0.3 is 6.18 Å². The van der Waals surface area contributed by atoms with E-state index in [1.54, 1.807) is 17.0 Å². The van der Waals surface area contributed by atoms with Gasteiger partial charge in [0, 0.05) is 49.7 Å². The fourth-order valence-corrected chi connectivity index (χ4v) is 4.75. The number of amides is 1. The molecule has 0 bridgehead atoms. The summed E-state index contributed by atoms with van der Waals surface area (Å²) in [6.07, 6.45) is -2.01. The van der Waals surface area contributed by atoms with E-state index in [-0.39, 0.29) is 43.0 Å². The van der Waals surface area contributed by atoms with Crippen LogP contribution in [-0.2, 0) is 24.1 Å². The van der Waals surface area contributed by atoms with Gasteiger partial charge in [-0.3, -0.25) is 9.78 Å². The molecule has 1 fully saturated rings. The van der Waals surface area contributed by atoms with Crippen molar-refractivity contribution in [2.45, 2.75) is 32.1 Å². The lowest BCUT2D eigenvalue weighted by Crippen LogP contribution is -2.45. The Bertz CT molecular complexity index is 1310. The number of aromatic hydroxyl groups is 1. The highest BCUT2D eigenvalue weighted by Crippen LogP contribution is 2.35. The number of hydrogen-bond donors (Lipinski definition) is 1. The maximum atomic E-state index is 13.1. The maximum absolute atomic E-state index is 13.1. The highest BCUT2D eigenvalue weighted by molar-refractivity contribution is 5.95. The van der Waals surface area contributed by atoms with E-state index >= 15 is 0 Å². The Kier molecular flexibility index (Phi) is 5.27. The lowest BCUT2D eigenvalue weighted by atomic mass is 9.93. The topological polar surface area (TPSA) is 111 Å². The number of nitrogens with zero attached hydrogens (tertiary/aromatic N) is 7. The summed E-state index contributed by atoms with van der Waals surface area (Å²) in [5.41, 5.74) is 1.71. The number of carbonyl (C=O) groups is 1. The second-order valence-corrected chi connectivity index (χ2v) is 8.44. The van der Waals surface area contributed by atoms with E-state index in [0.717, 1.165) is 15.6 Å². The van der Waals surface area contributed by atoms with E-state index in [0.29, 0.717) is 37.0 Å². The Morgan fingerprint density at radius 2 is 1.91 bits per heavy atom. The summed E-state index contributed by atoms with van der Waals surface area (Å²) >= 11 is 0. The zero-order valence-corrected chi connectivity index (χ0v) is 18.0. The smallest absolute Gasteiger partial charge is 0.451 e. The minimum Gasteiger partial charge on any atom is -0.508 e. The monoisotopic (exact) mass is 471 g/mol. The van der Waals surface area contributed by atoms with E-state index in [9.17, 15) is 28.3 Å². The molecule has 4 heterocycles. The Hall–Kier alpha value is -3.88. The minimum absolute atomic E-state index is 0.000800. The number of piperidine rings is 1. The van der Waals surface area contributed by atoms with Crippen LogP contribution in [0.25, 0.3) is 10.9 Å². The number of alkyl halides is 3. The minimum atomic E-state index is -4.58. The first kappa shape index (κ1) is 21.9. The average molecular weight is 471 g/mol. The SMILES string of the molecule is N#Cc1cnc2cc(O)ccc2c1N1CCC(C(=O)N2CCn3c(nnc3C(F)(F)F)C2)CC1. The van der Waals surface area contributed by atoms with Crippen LogP contribution in [0.2, 0.25) is 0 Å². The van der Waals surface area contributed by atoms with Gasteiger partial charge in [0.25, 0.3) is 0 Å². The molecule has 176 valence electrons. The van der Waals surface area contributed by atoms with Crippen LogP contribution in [0.1, 0.15) is 30.1 Å². The number of hydrogen-bond acceptors (Lipinski definition) is 7. The molecule has 0 aliphatic carbocycles. The molecule has 1 N–H and O–H groups in total. The maximum Gasteiger partial charge on any atom is 0.451 e. The van der Waals surface area contributed by atoms with Crippen molar-refractivity contribution in [1.82, 2.24) is 24.6 Å². The third kappa shape index (κ3) is 3.76. The average Bonchev–Trinajstić information content (AvgIpc) is 3.27. The number of pyridine rings is 1. The zero-order valence-electron chi connectivity index (χ0n) is 18.0. The summed E-state index contributed by atoms with van der Waals surface area (Å²) in [4.78, 5) is 21.0. The molecule has 1 saturated heterocycles. The van der Waals surface area contributed by atoms with Crippen molar-refractivity contribution in [3.8, 4) is 11.8 Å². The first-order valence-electron chi connectivity index (χ1n) is 10.8. The van der Waals surface area contributed by atoms with Gasteiger partial charge in [-0.1, -0.05) is 0 Å². The Morgan fingerprint density at radius 3 is 2.62 bits per heavy atom. The second-order valence-electron chi connectivity index (χ2n) is 8.44. The number of phenols is 1. The molecule has 1 aromatic carbocycles. The van der Waals surface area contributed by atoms with E-state index < -0.39 is 12.0 Å². The number of nitriles is 1. The Morgan fingerprint density at radius 1 is 1.15 bits per heavy atom. The molecule has 12 heteroatoms. The van der Waals surface area contributed by atoms with Crippen molar-refractivity contribution in [3.05, 3.63) is 41.6 Å². The third-order valence-corrected chi connectivity index (χ3v) is 6.42.